The molecule has 0 unspecified atom stereocenters. The summed E-state index contributed by atoms with van der Waals surface area (Å²) < 4.78 is 5.93. The number of pyridine rings is 1. The van der Waals surface area contributed by atoms with E-state index in [4.69, 9.17) is 10.5 Å². The molecule has 0 atom stereocenters. The van der Waals surface area contributed by atoms with Crippen LogP contribution in [0.25, 0.3) is 0 Å². The molecular formula is C11H14BrN3O2. The number of anilines is 1. The van der Waals surface area contributed by atoms with Crippen molar-refractivity contribution in [2.75, 3.05) is 18.5 Å². The van der Waals surface area contributed by atoms with Crippen molar-refractivity contribution in [3.63, 3.8) is 0 Å². The molecule has 1 fully saturated rings. The van der Waals surface area contributed by atoms with Crippen molar-refractivity contribution >= 4 is 27.5 Å². The van der Waals surface area contributed by atoms with Gasteiger partial charge < -0.3 is 15.8 Å². The third kappa shape index (κ3) is 3.02. The highest BCUT2D eigenvalue weighted by molar-refractivity contribution is 9.10. The number of aromatic nitrogens is 1. The first kappa shape index (κ1) is 12.5. The van der Waals surface area contributed by atoms with Crippen LogP contribution in [0.4, 0.5) is 5.69 Å². The third-order valence-electron chi connectivity index (χ3n) is 2.82. The van der Waals surface area contributed by atoms with E-state index >= 15 is 0 Å². The van der Waals surface area contributed by atoms with E-state index in [9.17, 15) is 4.79 Å². The zero-order valence-corrected chi connectivity index (χ0v) is 10.9. The lowest BCUT2D eigenvalue weighted by molar-refractivity contribution is -0.124. The molecular weight excluding hydrogens is 286 g/mol. The number of halogens is 1. The molecule has 17 heavy (non-hydrogen) atoms. The fraction of sp³-hybridized carbons (Fsp3) is 0.455. The summed E-state index contributed by atoms with van der Waals surface area (Å²) in [6.07, 6.45) is 2.68. The maximum Gasteiger partial charge on any atom is 0.244 e. The van der Waals surface area contributed by atoms with Gasteiger partial charge in [0.2, 0.25) is 5.91 Å². The Labute approximate surface area is 108 Å². The first-order chi connectivity index (χ1) is 8.10. The van der Waals surface area contributed by atoms with Gasteiger partial charge in [-0.05, 0) is 40.9 Å². The molecule has 1 aromatic rings. The van der Waals surface area contributed by atoms with E-state index in [1.807, 2.05) is 0 Å². The van der Waals surface area contributed by atoms with Gasteiger partial charge in [0.25, 0.3) is 0 Å². The number of carbonyl (C=O) groups excluding carboxylic acids is 1. The number of amides is 1. The highest BCUT2D eigenvalue weighted by Crippen LogP contribution is 2.20. The predicted octanol–water partition coefficient (Wildman–Crippen LogP) is 1.29. The maximum atomic E-state index is 12.0. The van der Waals surface area contributed by atoms with Crippen molar-refractivity contribution in [3.05, 3.63) is 22.9 Å². The monoisotopic (exact) mass is 299 g/mol. The van der Waals surface area contributed by atoms with Crippen LogP contribution in [0.5, 0.6) is 0 Å². The highest BCUT2D eigenvalue weighted by atomic mass is 79.9. The quantitative estimate of drug-likeness (QED) is 0.807. The Morgan fingerprint density at radius 3 is 2.76 bits per heavy atom. The van der Waals surface area contributed by atoms with E-state index in [1.54, 1.807) is 18.3 Å². The first-order valence-corrected chi connectivity index (χ1v) is 6.19. The number of nitrogens with zero attached hydrogens (tertiary/aromatic N) is 1. The second-order valence-corrected chi connectivity index (χ2v) is 4.90. The molecule has 2 heterocycles. The molecule has 0 spiro atoms. The number of hydrogen-bond acceptors (Lipinski definition) is 4. The van der Waals surface area contributed by atoms with Crippen molar-refractivity contribution in [3.8, 4) is 0 Å². The highest BCUT2D eigenvalue weighted by Gasteiger charge is 2.35. The van der Waals surface area contributed by atoms with Crippen molar-refractivity contribution < 1.29 is 9.53 Å². The van der Waals surface area contributed by atoms with Crippen LogP contribution in [0.3, 0.4) is 0 Å². The standard InChI is InChI=1S/C11H14BrN3O2/c12-9-2-1-8(7-14-9)15-10(16)11(13)3-5-17-6-4-11/h1-2,7H,3-6,13H2,(H,15,16). The topological polar surface area (TPSA) is 77.2 Å². The number of rotatable bonds is 2. The van der Waals surface area contributed by atoms with Crippen LogP contribution in [-0.4, -0.2) is 29.6 Å². The molecule has 92 valence electrons. The zero-order chi connectivity index (χ0) is 12.3. The summed E-state index contributed by atoms with van der Waals surface area (Å²) in [5.74, 6) is -0.176. The largest absolute Gasteiger partial charge is 0.381 e. The average molecular weight is 300 g/mol. The molecule has 1 aliphatic heterocycles. The smallest absolute Gasteiger partial charge is 0.244 e. The Morgan fingerprint density at radius 2 is 2.18 bits per heavy atom. The maximum absolute atomic E-state index is 12.0. The van der Waals surface area contributed by atoms with Gasteiger partial charge in [-0.2, -0.15) is 0 Å². The molecule has 3 N–H and O–H groups in total. The normalized spacial score (nSPS) is 18.7. The number of nitrogens with two attached hydrogens (primary N) is 1. The van der Waals surface area contributed by atoms with E-state index in [-0.39, 0.29) is 5.91 Å². The molecule has 1 saturated heterocycles. The first-order valence-electron chi connectivity index (χ1n) is 5.40. The fourth-order valence-corrected chi connectivity index (χ4v) is 1.90. The molecule has 0 aromatic carbocycles. The van der Waals surface area contributed by atoms with E-state index < -0.39 is 5.54 Å². The summed E-state index contributed by atoms with van der Waals surface area (Å²) in [6.45, 7) is 1.06. The van der Waals surface area contributed by atoms with E-state index in [0.29, 0.717) is 31.7 Å². The van der Waals surface area contributed by atoms with Gasteiger partial charge in [-0.15, -0.1) is 0 Å². The number of nitrogens with one attached hydrogen (secondary N) is 1. The summed E-state index contributed by atoms with van der Waals surface area (Å²) in [6, 6.07) is 3.54. The number of hydrogen-bond donors (Lipinski definition) is 2. The molecule has 2 rings (SSSR count). The Morgan fingerprint density at radius 1 is 1.47 bits per heavy atom. The Hall–Kier alpha value is -0.980. The van der Waals surface area contributed by atoms with Crippen LogP contribution in [0.15, 0.2) is 22.9 Å². The Balaban J connectivity index is 2.03. The Kier molecular flexibility index (Phi) is 3.76. The average Bonchev–Trinajstić information content (AvgIpc) is 2.33. The van der Waals surface area contributed by atoms with Gasteiger partial charge >= 0.3 is 0 Å². The van der Waals surface area contributed by atoms with Crippen molar-refractivity contribution in [1.29, 1.82) is 0 Å². The van der Waals surface area contributed by atoms with Crippen molar-refractivity contribution in [2.24, 2.45) is 5.73 Å². The van der Waals surface area contributed by atoms with E-state index in [0.717, 1.165) is 4.60 Å². The molecule has 0 aliphatic carbocycles. The summed E-state index contributed by atoms with van der Waals surface area (Å²) >= 11 is 3.23. The predicted molar refractivity (Wildman–Crippen MR) is 67.5 cm³/mol. The third-order valence-corrected chi connectivity index (χ3v) is 3.29. The van der Waals surface area contributed by atoms with Crippen LogP contribution in [0.1, 0.15) is 12.8 Å². The molecule has 0 saturated carbocycles. The second-order valence-electron chi connectivity index (χ2n) is 4.09. The number of carbonyl (C=O) groups is 1. The minimum Gasteiger partial charge on any atom is -0.381 e. The summed E-state index contributed by atoms with van der Waals surface area (Å²) in [4.78, 5) is 16.1. The van der Waals surface area contributed by atoms with Crippen LogP contribution in [0, 0.1) is 0 Å². The minimum absolute atomic E-state index is 0.176. The fourth-order valence-electron chi connectivity index (χ4n) is 1.67. The number of ether oxygens (including phenoxy) is 1. The molecule has 6 heteroatoms. The minimum atomic E-state index is -0.828. The lowest BCUT2D eigenvalue weighted by Gasteiger charge is -2.31. The lowest BCUT2D eigenvalue weighted by Crippen LogP contribution is -2.54. The van der Waals surface area contributed by atoms with Gasteiger partial charge in [-0.3, -0.25) is 4.79 Å². The van der Waals surface area contributed by atoms with Crippen molar-refractivity contribution in [1.82, 2.24) is 4.98 Å². The van der Waals surface area contributed by atoms with E-state index in [2.05, 4.69) is 26.2 Å². The molecule has 1 amide bonds. The summed E-state index contributed by atoms with van der Waals surface area (Å²) in [5, 5.41) is 2.78. The molecule has 1 aromatic heterocycles. The van der Waals surface area contributed by atoms with Gasteiger partial charge in [-0.25, -0.2) is 4.98 Å². The van der Waals surface area contributed by atoms with Crippen LogP contribution >= 0.6 is 15.9 Å². The molecule has 0 bridgehead atoms. The van der Waals surface area contributed by atoms with Crippen LogP contribution in [-0.2, 0) is 9.53 Å². The SMILES string of the molecule is NC1(C(=O)Nc2ccc(Br)nc2)CCOCC1. The van der Waals surface area contributed by atoms with Crippen LogP contribution in [0.2, 0.25) is 0 Å². The second kappa shape index (κ2) is 5.12. The van der Waals surface area contributed by atoms with Crippen LogP contribution < -0.4 is 11.1 Å². The summed E-state index contributed by atoms with van der Waals surface area (Å²) in [7, 11) is 0. The molecule has 0 radical (unpaired) electrons. The molecule has 1 aliphatic rings. The van der Waals surface area contributed by atoms with Gasteiger partial charge in [0.1, 0.15) is 10.1 Å². The summed E-state index contributed by atoms with van der Waals surface area (Å²) in [5.41, 5.74) is 5.88. The molecule has 5 nitrogen and oxygen atoms in total. The van der Waals surface area contributed by atoms with Gasteiger partial charge in [0.15, 0.2) is 0 Å². The van der Waals surface area contributed by atoms with Gasteiger partial charge in [0, 0.05) is 13.2 Å². The zero-order valence-electron chi connectivity index (χ0n) is 9.28. The van der Waals surface area contributed by atoms with Crippen molar-refractivity contribution in [2.45, 2.75) is 18.4 Å². The Bertz CT molecular complexity index is 402. The lowest BCUT2D eigenvalue weighted by atomic mass is 9.90. The van der Waals surface area contributed by atoms with Gasteiger partial charge in [-0.1, -0.05) is 0 Å². The van der Waals surface area contributed by atoms with Gasteiger partial charge in [0.05, 0.1) is 11.9 Å². The van der Waals surface area contributed by atoms with E-state index in [1.165, 1.54) is 0 Å².